The Balaban J connectivity index is 1.93. The molecule has 5 atom stereocenters. The molecule has 2 aliphatic heterocycles. The third-order valence-electron chi connectivity index (χ3n) is 4.98. The molecule has 0 aromatic heterocycles. The van der Waals surface area contributed by atoms with E-state index >= 15 is 0 Å². The molecule has 0 unspecified atom stereocenters. The molecule has 1 aromatic carbocycles. The van der Waals surface area contributed by atoms with Crippen LogP contribution in [0.3, 0.4) is 0 Å². The van der Waals surface area contributed by atoms with Crippen LogP contribution in [0, 0.1) is 0 Å². The molecule has 2 amide bonds. The second-order valence-corrected chi connectivity index (χ2v) is 8.76. The normalized spacial score (nSPS) is 28.3. The van der Waals surface area contributed by atoms with Gasteiger partial charge in [-0.15, -0.1) is 0 Å². The van der Waals surface area contributed by atoms with Crippen molar-refractivity contribution in [2.24, 2.45) is 0 Å². The standard InChI is InChI=1S/C22H30N2O7/c1-13(25)23-16-11-24(21(27)31-22(3,4)5)17-12-28-20(15-9-7-6-8-10-15)30-19(17)18(16)29-14(2)26/h6-10,16-20H,11-12H2,1-5H3,(H,23,25)/t16-,17+,18+,19+,20+/m1/s1. The Morgan fingerprint density at radius 3 is 2.39 bits per heavy atom. The van der Waals surface area contributed by atoms with Crippen molar-refractivity contribution < 1.29 is 33.3 Å². The number of carbonyl (C=O) groups is 3. The molecular weight excluding hydrogens is 404 g/mol. The van der Waals surface area contributed by atoms with Gasteiger partial charge in [0.05, 0.1) is 18.7 Å². The maximum Gasteiger partial charge on any atom is 0.410 e. The zero-order valence-corrected chi connectivity index (χ0v) is 18.5. The summed E-state index contributed by atoms with van der Waals surface area (Å²) in [5, 5.41) is 2.79. The first-order chi connectivity index (χ1) is 14.5. The Labute approximate surface area is 182 Å². The molecule has 2 aliphatic rings. The molecule has 9 nitrogen and oxygen atoms in total. The van der Waals surface area contributed by atoms with Crippen LogP contribution in [-0.2, 0) is 28.5 Å². The molecule has 0 aliphatic carbocycles. The van der Waals surface area contributed by atoms with Gasteiger partial charge in [-0.2, -0.15) is 0 Å². The quantitative estimate of drug-likeness (QED) is 0.727. The zero-order chi connectivity index (χ0) is 22.8. The first kappa shape index (κ1) is 23.0. The summed E-state index contributed by atoms with van der Waals surface area (Å²) in [5.41, 5.74) is 0.0965. The number of hydrogen-bond donors (Lipinski definition) is 1. The number of hydrogen-bond acceptors (Lipinski definition) is 7. The lowest BCUT2D eigenvalue weighted by molar-refractivity contribution is -0.277. The van der Waals surface area contributed by atoms with Crippen molar-refractivity contribution in [1.82, 2.24) is 10.2 Å². The Bertz CT molecular complexity index is 808. The molecule has 1 N–H and O–H groups in total. The molecule has 0 spiro atoms. The van der Waals surface area contributed by atoms with Crippen LogP contribution in [0.1, 0.15) is 46.5 Å². The minimum Gasteiger partial charge on any atom is -0.457 e. The molecule has 3 rings (SSSR count). The van der Waals surface area contributed by atoms with E-state index in [-0.39, 0.29) is 19.1 Å². The van der Waals surface area contributed by atoms with E-state index in [4.69, 9.17) is 18.9 Å². The van der Waals surface area contributed by atoms with Gasteiger partial charge in [0, 0.05) is 26.0 Å². The fourth-order valence-electron chi connectivity index (χ4n) is 3.84. The highest BCUT2D eigenvalue weighted by atomic mass is 16.7. The minimum absolute atomic E-state index is 0.0936. The zero-order valence-electron chi connectivity index (χ0n) is 18.5. The van der Waals surface area contributed by atoms with Crippen LogP contribution < -0.4 is 5.32 Å². The molecule has 2 heterocycles. The van der Waals surface area contributed by atoms with E-state index in [1.54, 1.807) is 20.8 Å². The molecule has 0 bridgehead atoms. The van der Waals surface area contributed by atoms with Crippen LogP contribution in [-0.4, -0.2) is 65.9 Å². The Kier molecular flexibility index (Phi) is 6.86. The molecule has 1 aromatic rings. The van der Waals surface area contributed by atoms with Gasteiger partial charge in [-0.3, -0.25) is 14.5 Å². The molecule has 170 valence electrons. The summed E-state index contributed by atoms with van der Waals surface area (Å²) >= 11 is 0. The lowest BCUT2D eigenvalue weighted by atomic mass is 9.91. The fourth-order valence-corrected chi connectivity index (χ4v) is 3.84. The van der Waals surface area contributed by atoms with E-state index in [0.29, 0.717) is 0 Å². The molecule has 31 heavy (non-hydrogen) atoms. The number of benzene rings is 1. The summed E-state index contributed by atoms with van der Waals surface area (Å²) in [4.78, 5) is 38.1. The summed E-state index contributed by atoms with van der Waals surface area (Å²) in [6.45, 7) is 8.25. The van der Waals surface area contributed by atoms with Crippen molar-refractivity contribution in [3.05, 3.63) is 35.9 Å². The van der Waals surface area contributed by atoms with Crippen LogP contribution in [0.5, 0.6) is 0 Å². The average Bonchev–Trinajstić information content (AvgIpc) is 2.67. The summed E-state index contributed by atoms with van der Waals surface area (Å²) in [7, 11) is 0. The van der Waals surface area contributed by atoms with Crippen LogP contribution in [0.2, 0.25) is 0 Å². The van der Waals surface area contributed by atoms with Gasteiger partial charge >= 0.3 is 12.1 Å². The van der Waals surface area contributed by atoms with E-state index in [0.717, 1.165) is 5.56 Å². The largest absolute Gasteiger partial charge is 0.457 e. The molecule has 2 saturated heterocycles. The number of nitrogens with zero attached hydrogens (tertiary/aromatic N) is 1. The smallest absolute Gasteiger partial charge is 0.410 e. The maximum atomic E-state index is 13.0. The van der Waals surface area contributed by atoms with Gasteiger partial charge in [-0.25, -0.2) is 4.79 Å². The summed E-state index contributed by atoms with van der Waals surface area (Å²) in [6.07, 6.45) is -2.76. The van der Waals surface area contributed by atoms with E-state index in [2.05, 4.69) is 5.32 Å². The lowest BCUT2D eigenvalue weighted by Gasteiger charge is -2.51. The number of amides is 2. The predicted octanol–water partition coefficient (Wildman–Crippen LogP) is 2.16. The first-order valence-electron chi connectivity index (χ1n) is 10.3. The molecule has 2 fully saturated rings. The maximum absolute atomic E-state index is 13.0. The third-order valence-corrected chi connectivity index (χ3v) is 4.98. The molecule has 0 radical (unpaired) electrons. The van der Waals surface area contributed by atoms with E-state index in [9.17, 15) is 14.4 Å². The SMILES string of the molecule is CC(=O)N[C@@H]1CN(C(=O)OC(C)(C)C)[C@H]2CO[C@H](c3ccccc3)O[C@@H]2[C@H]1OC(C)=O. The summed E-state index contributed by atoms with van der Waals surface area (Å²) in [6, 6.07) is 8.14. The van der Waals surface area contributed by atoms with Crippen molar-refractivity contribution >= 4 is 18.0 Å². The van der Waals surface area contributed by atoms with Crippen molar-refractivity contribution in [1.29, 1.82) is 0 Å². The van der Waals surface area contributed by atoms with Gasteiger partial charge in [-0.05, 0) is 20.8 Å². The average molecular weight is 434 g/mol. The number of nitrogens with one attached hydrogen (secondary N) is 1. The topological polar surface area (TPSA) is 103 Å². The number of ether oxygens (including phenoxy) is 4. The van der Waals surface area contributed by atoms with Gasteiger partial charge in [0.1, 0.15) is 11.7 Å². The number of esters is 1. The highest BCUT2D eigenvalue weighted by Crippen LogP contribution is 2.35. The van der Waals surface area contributed by atoms with E-state index in [1.807, 2.05) is 30.3 Å². The molecule has 0 saturated carbocycles. The van der Waals surface area contributed by atoms with Crippen molar-refractivity contribution in [3.8, 4) is 0 Å². The van der Waals surface area contributed by atoms with Crippen LogP contribution in [0.4, 0.5) is 4.79 Å². The predicted molar refractivity (Wildman–Crippen MR) is 110 cm³/mol. The Hall–Kier alpha value is -2.65. The summed E-state index contributed by atoms with van der Waals surface area (Å²) in [5.74, 6) is -0.812. The highest BCUT2D eigenvalue weighted by Gasteiger charge is 2.52. The fraction of sp³-hybridized carbons (Fsp3) is 0.591. The van der Waals surface area contributed by atoms with E-state index < -0.39 is 48.2 Å². The number of rotatable bonds is 3. The number of carbonyl (C=O) groups excluding carboxylic acids is 3. The highest BCUT2D eigenvalue weighted by molar-refractivity contribution is 5.74. The Morgan fingerprint density at radius 1 is 1.13 bits per heavy atom. The monoisotopic (exact) mass is 434 g/mol. The van der Waals surface area contributed by atoms with Crippen molar-refractivity contribution in [2.75, 3.05) is 13.2 Å². The van der Waals surface area contributed by atoms with Gasteiger partial charge in [0.2, 0.25) is 5.91 Å². The van der Waals surface area contributed by atoms with Gasteiger partial charge in [-0.1, -0.05) is 30.3 Å². The summed E-state index contributed by atoms with van der Waals surface area (Å²) < 4.78 is 23.3. The van der Waals surface area contributed by atoms with E-state index in [1.165, 1.54) is 18.7 Å². The van der Waals surface area contributed by atoms with Gasteiger partial charge < -0.3 is 24.3 Å². The van der Waals surface area contributed by atoms with Crippen molar-refractivity contribution in [2.45, 2.75) is 70.8 Å². The first-order valence-corrected chi connectivity index (χ1v) is 10.3. The second-order valence-electron chi connectivity index (χ2n) is 8.76. The second kappa shape index (κ2) is 9.23. The minimum atomic E-state index is -0.791. The lowest BCUT2D eigenvalue weighted by Crippen LogP contribution is -2.70. The number of likely N-dealkylation sites (tertiary alicyclic amines) is 1. The van der Waals surface area contributed by atoms with Gasteiger partial charge in [0.15, 0.2) is 12.4 Å². The van der Waals surface area contributed by atoms with Crippen LogP contribution in [0.15, 0.2) is 30.3 Å². The molecule has 9 heteroatoms. The van der Waals surface area contributed by atoms with Crippen LogP contribution in [0.25, 0.3) is 0 Å². The number of fused-ring (bicyclic) bond motifs is 1. The van der Waals surface area contributed by atoms with Crippen molar-refractivity contribution in [3.63, 3.8) is 0 Å². The van der Waals surface area contributed by atoms with Gasteiger partial charge in [0.25, 0.3) is 0 Å². The van der Waals surface area contributed by atoms with Crippen LogP contribution >= 0.6 is 0 Å². The third kappa shape index (κ3) is 5.74. The molecular formula is C22H30N2O7. The number of piperidine rings is 1. The Morgan fingerprint density at radius 2 is 1.81 bits per heavy atom.